The maximum absolute atomic E-state index is 12.5. The maximum atomic E-state index is 12.5. The summed E-state index contributed by atoms with van der Waals surface area (Å²) in [5, 5.41) is 3.43. The van der Waals surface area contributed by atoms with Gasteiger partial charge in [0.25, 0.3) is 0 Å². The van der Waals surface area contributed by atoms with E-state index in [0.29, 0.717) is 12.3 Å². The highest BCUT2D eigenvalue weighted by molar-refractivity contribution is 5.96. The molecule has 4 nitrogen and oxygen atoms in total. The third-order valence-corrected chi connectivity index (χ3v) is 5.72. The average Bonchev–Trinajstić information content (AvgIpc) is 2.86. The first-order valence-corrected chi connectivity index (χ1v) is 9.74. The highest BCUT2D eigenvalue weighted by Gasteiger charge is 2.20. The quantitative estimate of drug-likeness (QED) is 0.835. The van der Waals surface area contributed by atoms with Crippen LogP contribution >= 0.6 is 0 Å². The molecule has 1 saturated heterocycles. The second-order valence-electron chi connectivity index (χ2n) is 7.53. The van der Waals surface area contributed by atoms with Gasteiger partial charge in [-0.05, 0) is 68.2 Å². The predicted molar refractivity (Wildman–Crippen MR) is 99.6 cm³/mol. The van der Waals surface area contributed by atoms with Crippen molar-refractivity contribution in [2.45, 2.75) is 58.4 Å². The molecule has 0 bridgehead atoms. The summed E-state index contributed by atoms with van der Waals surface area (Å²) in [6.45, 7) is 5.35. The Morgan fingerprint density at radius 1 is 1.20 bits per heavy atom. The third kappa shape index (κ3) is 4.91. The van der Waals surface area contributed by atoms with Gasteiger partial charge in [0, 0.05) is 38.5 Å². The number of carbonyl (C=O) groups excluding carboxylic acids is 2. The van der Waals surface area contributed by atoms with Gasteiger partial charge in [-0.15, -0.1) is 0 Å². The monoisotopic (exact) mass is 342 g/mol. The summed E-state index contributed by atoms with van der Waals surface area (Å²) < 4.78 is 0. The fourth-order valence-corrected chi connectivity index (χ4v) is 4.07. The molecule has 0 aromatic heterocycles. The molecular weight excluding hydrogens is 312 g/mol. The summed E-state index contributed by atoms with van der Waals surface area (Å²) in [4.78, 5) is 25.8. The second kappa shape index (κ2) is 8.61. The third-order valence-electron chi connectivity index (χ3n) is 5.72. The number of hydrogen-bond acceptors (Lipinski definition) is 3. The van der Waals surface area contributed by atoms with Crippen molar-refractivity contribution >= 4 is 11.7 Å². The number of nitrogens with zero attached hydrogens (tertiary/aromatic N) is 1. The van der Waals surface area contributed by atoms with Crippen molar-refractivity contribution in [2.24, 2.45) is 5.92 Å². The number of ketones is 1. The number of Topliss-reactive ketones (excluding diaryl/α,β-unsaturated/α-hetero) is 1. The van der Waals surface area contributed by atoms with E-state index in [1.807, 2.05) is 11.0 Å². The Kier molecular flexibility index (Phi) is 6.24. The van der Waals surface area contributed by atoms with Gasteiger partial charge in [0.05, 0.1) is 0 Å². The van der Waals surface area contributed by atoms with Crippen LogP contribution in [0, 0.1) is 5.92 Å². The lowest BCUT2D eigenvalue weighted by Crippen LogP contribution is -2.36. The molecule has 1 aromatic rings. The Morgan fingerprint density at radius 2 is 2.00 bits per heavy atom. The van der Waals surface area contributed by atoms with Crippen LogP contribution in [0.15, 0.2) is 18.2 Å². The summed E-state index contributed by atoms with van der Waals surface area (Å²) in [5.41, 5.74) is 3.55. The molecular formula is C21H30N2O2. The van der Waals surface area contributed by atoms with Crippen LogP contribution < -0.4 is 5.32 Å². The largest absolute Gasteiger partial charge is 0.343 e. The van der Waals surface area contributed by atoms with Crippen molar-refractivity contribution in [1.82, 2.24) is 10.2 Å². The van der Waals surface area contributed by atoms with Gasteiger partial charge in [-0.3, -0.25) is 9.59 Å². The number of nitrogens with one attached hydrogen (secondary N) is 1. The molecule has 2 heterocycles. The Labute approximate surface area is 151 Å². The first kappa shape index (κ1) is 18.1. The fraction of sp³-hybridized carbons (Fsp3) is 0.619. The maximum Gasteiger partial charge on any atom is 0.219 e. The Morgan fingerprint density at radius 3 is 2.76 bits per heavy atom. The predicted octanol–water partition coefficient (Wildman–Crippen LogP) is 3.33. The SMILES string of the molecule is CC(=O)N1CCC(CCCC(=O)c2ccc3c(c2)CNCCC3)CC1. The van der Waals surface area contributed by atoms with Crippen LogP contribution in [0.5, 0.6) is 0 Å². The smallest absolute Gasteiger partial charge is 0.219 e. The average molecular weight is 342 g/mol. The molecule has 2 aliphatic heterocycles. The van der Waals surface area contributed by atoms with Crippen molar-refractivity contribution in [3.05, 3.63) is 34.9 Å². The van der Waals surface area contributed by atoms with E-state index >= 15 is 0 Å². The molecule has 1 amide bonds. The van der Waals surface area contributed by atoms with Gasteiger partial charge in [0.15, 0.2) is 5.78 Å². The van der Waals surface area contributed by atoms with Gasteiger partial charge in [-0.2, -0.15) is 0 Å². The van der Waals surface area contributed by atoms with E-state index in [-0.39, 0.29) is 11.7 Å². The molecule has 0 atom stereocenters. The minimum absolute atomic E-state index is 0.186. The second-order valence-corrected chi connectivity index (χ2v) is 7.53. The molecule has 25 heavy (non-hydrogen) atoms. The molecule has 0 spiro atoms. The normalized spacial score (nSPS) is 18.5. The zero-order valence-corrected chi connectivity index (χ0v) is 15.4. The number of aryl methyl sites for hydroxylation is 1. The molecule has 0 unspecified atom stereocenters. The number of amides is 1. The topological polar surface area (TPSA) is 49.4 Å². The number of fused-ring (bicyclic) bond motifs is 1. The van der Waals surface area contributed by atoms with Crippen LogP contribution in [0.4, 0.5) is 0 Å². The van der Waals surface area contributed by atoms with Crippen LogP contribution in [-0.2, 0) is 17.8 Å². The summed E-state index contributed by atoms with van der Waals surface area (Å²) in [6.07, 6.45) is 7.14. The first-order valence-electron chi connectivity index (χ1n) is 9.74. The van der Waals surface area contributed by atoms with E-state index in [0.717, 1.165) is 63.8 Å². The molecule has 2 aliphatic rings. The zero-order valence-electron chi connectivity index (χ0n) is 15.4. The molecule has 0 aliphatic carbocycles. The van der Waals surface area contributed by atoms with Crippen LogP contribution in [0.2, 0.25) is 0 Å². The first-order chi connectivity index (χ1) is 12.1. The Hall–Kier alpha value is -1.68. The minimum atomic E-state index is 0.186. The van der Waals surface area contributed by atoms with Crippen molar-refractivity contribution in [3.63, 3.8) is 0 Å². The number of piperidine rings is 1. The fourth-order valence-electron chi connectivity index (χ4n) is 4.07. The van der Waals surface area contributed by atoms with E-state index in [4.69, 9.17) is 0 Å². The van der Waals surface area contributed by atoms with Crippen LogP contribution in [0.3, 0.4) is 0 Å². The molecule has 4 heteroatoms. The Bertz CT molecular complexity index is 618. The molecule has 0 radical (unpaired) electrons. The number of hydrogen-bond donors (Lipinski definition) is 1. The molecule has 1 fully saturated rings. The van der Waals surface area contributed by atoms with Crippen LogP contribution in [-0.4, -0.2) is 36.2 Å². The van der Waals surface area contributed by atoms with Gasteiger partial charge >= 0.3 is 0 Å². The highest BCUT2D eigenvalue weighted by Crippen LogP contribution is 2.24. The minimum Gasteiger partial charge on any atom is -0.343 e. The van der Waals surface area contributed by atoms with E-state index in [1.165, 1.54) is 17.5 Å². The van der Waals surface area contributed by atoms with Gasteiger partial charge < -0.3 is 10.2 Å². The molecule has 1 aromatic carbocycles. The highest BCUT2D eigenvalue weighted by atomic mass is 16.2. The standard InChI is InChI=1S/C21H30N2O2/c1-16(24)23-12-9-17(10-13-23)4-2-6-21(25)19-8-7-18-5-3-11-22-15-20(18)14-19/h7-8,14,17,22H,2-6,9-13,15H2,1H3. The lowest BCUT2D eigenvalue weighted by atomic mass is 9.90. The van der Waals surface area contributed by atoms with E-state index in [1.54, 1.807) is 6.92 Å². The van der Waals surface area contributed by atoms with Crippen LogP contribution in [0.1, 0.15) is 66.9 Å². The van der Waals surface area contributed by atoms with Crippen molar-refractivity contribution in [1.29, 1.82) is 0 Å². The summed E-state index contributed by atoms with van der Waals surface area (Å²) in [6, 6.07) is 6.26. The number of rotatable bonds is 5. The number of benzene rings is 1. The molecule has 1 N–H and O–H groups in total. The summed E-state index contributed by atoms with van der Waals surface area (Å²) in [5.74, 6) is 1.12. The van der Waals surface area contributed by atoms with Gasteiger partial charge in [-0.1, -0.05) is 12.1 Å². The molecule has 0 saturated carbocycles. The number of carbonyl (C=O) groups is 2. The van der Waals surface area contributed by atoms with E-state index < -0.39 is 0 Å². The lowest BCUT2D eigenvalue weighted by Gasteiger charge is -2.31. The lowest BCUT2D eigenvalue weighted by molar-refractivity contribution is -0.130. The van der Waals surface area contributed by atoms with Crippen molar-refractivity contribution < 1.29 is 9.59 Å². The van der Waals surface area contributed by atoms with Crippen molar-refractivity contribution in [2.75, 3.05) is 19.6 Å². The summed E-state index contributed by atoms with van der Waals surface area (Å²) in [7, 11) is 0. The van der Waals surface area contributed by atoms with E-state index in [2.05, 4.69) is 17.4 Å². The summed E-state index contributed by atoms with van der Waals surface area (Å²) >= 11 is 0. The van der Waals surface area contributed by atoms with E-state index in [9.17, 15) is 9.59 Å². The van der Waals surface area contributed by atoms with Gasteiger partial charge in [0.2, 0.25) is 5.91 Å². The van der Waals surface area contributed by atoms with Gasteiger partial charge in [-0.25, -0.2) is 0 Å². The number of likely N-dealkylation sites (tertiary alicyclic amines) is 1. The molecule has 3 rings (SSSR count). The van der Waals surface area contributed by atoms with Gasteiger partial charge in [0.1, 0.15) is 0 Å². The van der Waals surface area contributed by atoms with Crippen molar-refractivity contribution in [3.8, 4) is 0 Å². The van der Waals surface area contributed by atoms with Crippen LogP contribution in [0.25, 0.3) is 0 Å². The zero-order chi connectivity index (χ0) is 17.6. The Balaban J connectivity index is 1.45. The molecule has 136 valence electrons.